The fraction of sp³-hybridized carbons (Fsp3) is 0.263. The third-order valence-corrected chi connectivity index (χ3v) is 4.60. The van der Waals surface area contributed by atoms with Crippen molar-refractivity contribution in [2.45, 2.75) is 19.8 Å². The van der Waals surface area contributed by atoms with Crippen LogP contribution in [0.25, 0.3) is 0 Å². The molecule has 0 saturated heterocycles. The lowest BCUT2D eigenvalue weighted by Gasteiger charge is -2.11. The van der Waals surface area contributed by atoms with Crippen LogP contribution in [0.4, 0.5) is 0 Å². The number of ether oxygens (including phenoxy) is 2. The highest BCUT2D eigenvalue weighted by atomic mass is 79.9. The number of hydrazine groups is 1. The third-order valence-electron chi connectivity index (χ3n) is 3.45. The Bertz CT molecular complexity index is 782. The minimum atomic E-state index is -0.468. The van der Waals surface area contributed by atoms with Gasteiger partial charge in [-0.3, -0.25) is 20.4 Å². The van der Waals surface area contributed by atoms with Crippen LogP contribution in [0.3, 0.4) is 0 Å². The van der Waals surface area contributed by atoms with Gasteiger partial charge < -0.3 is 9.47 Å². The summed E-state index contributed by atoms with van der Waals surface area (Å²) in [6.45, 7) is 2.49. The van der Waals surface area contributed by atoms with Crippen LogP contribution >= 0.6 is 31.9 Å². The molecule has 0 heterocycles. The number of hydrogen-bond donors (Lipinski definition) is 2. The van der Waals surface area contributed by atoms with Crippen LogP contribution in [0.15, 0.2) is 51.4 Å². The molecule has 2 rings (SSSR count). The fourth-order valence-electron chi connectivity index (χ4n) is 2.00. The highest BCUT2D eigenvalue weighted by molar-refractivity contribution is 9.10. The summed E-state index contributed by atoms with van der Waals surface area (Å²) >= 11 is 6.71. The summed E-state index contributed by atoms with van der Waals surface area (Å²) in [5, 5.41) is 0. The van der Waals surface area contributed by atoms with Crippen LogP contribution in [0.1, 0.15) is 30.1 Å². The van der Waals surface area contributed by atoms with Gasteiger partial charge in [0, 0.05) is 10.0 Å². The van der Waals surface area contributed by atoms with Crippen molar-refractivity contribution in [3.8, 4) is 11.5 Å². The molecule has 2 amide bonds. The molecular weight excluding hydrogens is 480 g/mol. The van der Waals surface area contributed by atoms with E-state index in [-0.39, 0.29) is 6.61 Å². The predicted molar refractivity (Wildman–Crippen MR) is 110 cm³/mol. The largest absolute Gasteiger partial charge is 0.492 e. The Morgan fingerprint density at radius 1 is 1.00 bits per heavy atom. The summed E-state index contributed by atoms with van der Waals surface area (Å²) in [5.74, 6) is 0.326. The van der Waals surface area contributed by atoms with Gasteiger partial charge in [0.25, 0.3) is 11.8 Å². The van der Waals surface area contributed by atoms with Gasteiger partial charge in [0.1, 0.15) is 11.5 Å². The second-order valence-electron chi connectivity index (χ2n) is 5.59. The number of rotatable bonds is 8. The number of amides is 2. The highest BCUT2D eigenvalue weighted by Gasteiger charge is 2.11. The van der Waals surface area contributed by atoms with Crippen molar-refractivity contribution < 1.29 is 19.1 Å². The number of carbonyl (C=O) groups excluding carboxylic acids is 2. The van der Waals surface area contributed by atoms with Gasteiger partial charge in [-0.05, 0) is 64.8 Å². The van der Waals surface area contributed by atoms with Crippen LogP contribution in [0, 0.1) is 0 Å². The molecule has 0 fully saturated rings. The normalized spacial score (nSPS) is 10.2. The van der Waals surface area contributed by atoms with E-state index in [1.165, 1.54) is 0 Å². The molecule has 0 saturated carbocycles. The number of unbranched alkanes of at least 4 members (excludes halogenated alkanes) is 1. The van der Waals surface area contributed by atoms with Gasteiger partial charge in [-0.1, -0.05) is 29.3 Å². The SMILES string of the molecule is CCCCOc1ccc(C(=O)NNC(=O)COc2ccc(Br)cc2)cc1Br. The maximum Gasteiger partial charge on any atom is 0.276 e. The average molecular weight is 500 g/mol. The number of nitrogens with one attached hydrogen (secondary N) is 2. The summed E-state index contributed by atoms with van der Waals surface area (Å²) in [6, 6.07) is 12.1. The first-order valence-corrected chi connectivity index (χ1v) is 9.98. The molecular formula is C19H20Br2N2O4. The molecule has 2 aromatic carbocycles. The molecule has 27 heavy (non-hydrogen) atoms. The molecule has 6 nitrogen and oxygen atoms in total. The molecule has 144 valence electrons. The van der Waals surface area contributed by atoms with Gasteiger partial charge in [-0.2, -0.15) is 0 Å². The van der Waals surface area contributed by atoms with Crippen molar-refractivity contribution in [2.75, 3.05) is 13.2 Å². The lowest BCUT2D eigenvalue weighted by atomic mass is 10.2. The zero-order valence-corrected chi connectivity index (χ0v) is 17.9. The number of carbonyl (C=O) groups is 2. The van der Waals surface area contributed by atoms with E-state index < -0.39 is 11.8 Å². The van der Waals surface area contributed by atoms with Gasteiger partial charge in [0.2, 0.25) is 0 Å². The van der Waals surface area contributed by atoms with E-state index in [9.17, 15) is 9.59 Å². The molecule has 0 spiro atoms. The average Bonchev–Trinajstić information content (AvgIpc) is 2.67. The first kappa shape index (κ1) is 21.2. The Morgan fingerprint density at radius 2 is 1.74 bits per heavy atom. The molecule has 0 aliphatic carbocycles. The monoisotopic (exact) mass is 498 g/mol. The van der Waals surface area contributed by atoms with Gasteiger partial charge >= 0.3 is 0 Å². The quantitative estimate of drug-likeness (QED) is 0.421. The van der Waals surface area contributed by atoms with Gasteiger partial charge in [-0.15, -0.1) is 0 Å². The van der Waals surface area contributed by atoms with Gasteiger partial charge in [-0.25, -0.2) is 0 Å². The predicted octanol–water partition coefficient (Wildman–Crippen LogP) is 4.23. The molecule has 0 aliphatic rings. The molecule has 0 aliphatic heterocycles. The Hall–Kier alpha value is -2.06. The number of halogens is 2. The van der Waals surface area contributed by atoms with E-state index in [1.54, 1.807) is 30.3 Å². The summed E-state index contributed by atoms with van der Waals surface area (Å²) in [6.07, 6.45) is 2.01. The van der Waals surface area contributed by atoms with Crippen LogP contribution in [0.5, 0.6) is 11.5 Å². The molecule has 0 bridgehead atoms. The minimum absolute atomic E-state index is 0.212. The Balaban J connectivity index is 1.79. The van der Waals surface area contributed by atoms with Gasteiger partial charge in [0.05, 0.1) is 11.1 Å². The summed E-state index contributed by atoms with van der Waals surface area (Å²) in [5.41, 5.74) is 5.06. The second-order valence-corrected chi connectivity index (χ2v) is 7.36. The first-order valence-electron chi connectivity index (χ1n) is 8.39. The number of benzene rings is 2. The third kappa shape index (κ3) is 7.22. The summed E-state index contributed by atoms with van der Waals surface area (Å²) in [4.78, 5) is 23.9. The standard InChI is InChI=1S/C19H20Br2N2O4/c1-2-3-10-26-17-9-4-13(11-16(17)21)19(25)23-22-18(24)12-27-15-7-5-14(20)6-8-15/h4-9,11H,2-3,10,12H2,1H3,(H,22,24)(H,23,25). The maximum atomic E-state index is 12.2. The Labute approximate surface area is 174 Å². The number of hydrogen-bond acceptors (Lipinski definition) is 4. The van der Waals surface area contributed by atoms with Crippen LogP contribution in [-0.2, 0) is 4.79 Å². The zero-order chi connectivity index (χ0) is 19.6. The van der Waals surface area contributed by atoms with E-state index in [0.29, 0.717) is 28.1 Å². The van der Waals surface area contributed by atoms with E-state index in [2.05, 4.69) is 49.6 Å². The first-order chi connectivity index (χ1) is 13.0. The highest BCUT2D eigenvalue weighted by Crippen LogP contribution is 2.26. The minimum Gasteiger partial charge on any atom is -0.492 e. The van der Waals surface area contributed by atoms with Crippen molar-refractivity contribution in [3.05, 3.63) is 57.0 Å². The van der Waals surface area contributed by atoms with E-state index >= 15 is 0 Å². The molecule has 0 aromatic heterocycles. The van der Waals surface area contributed by atoms with Crippen LogP contribution < -0.4 is 20.3 Å². The smallest absolute Gasteiger partial charge is 0.276 e. The van der Waals surface area contributed by atoms with E-state index in [0.717, 1.165) is 17.3 Å². The Morgan fingerprint density at radius 3 is 2.41 bits per heavy atom. The van der Waals surface area contributed by atoms with Crippen molar-refractivity contribution in [1.29, 1.82) is 0 Å². The molecule has 0 atom stereocenters. The summed E-state index contributed by atoms with van der Waals surface area (Å²) < 4.78 is 12.6. The van der Waals surface area contributed by atoms with Gasteiger partial charge in [0.15, 0.2) is 6.61 Å². The maximum absolute atomic E-state index is 12.2. The van der Waals surface area contributed by atoms with Crippen molar-refractivity contribution in [1.82, 2.24) is 10.9 Å². The van der Waals surface area contributed by atoms with E-state index in [4.69, 9.17) is 9.47 Å². The Kier molecular flexibility index (Phi) is 8.60. The zero-order valence-electron chi connectivity index (χ0n) is 14.8. The fourth-order valence-corrected chi connectivity index (χ4v) is 2.76. The van der Waals surface area contributed by atoms with Crippen molar-refractivity contribution in [2.24, 2.45) is 0 Å². The second kappa shape index (κ2) is 10.9. The summed E-state index contributed by atoms with van der Waals surface area (Å²) in [7, 11) is 0. The molecule has 0 radical (unpaired) electrons. The topological polar surface area (TPSA) is 76.7 Å². The van der Waals surface area contributed by atoms with Crippen LogP contribution in [0.2, 0.25) is 0 Å². The van der Waals surface area contributed by atoms with Crippen LogP contribution in [-0.4, -0.2) is 25.0 Å². The van der Waals surface area contributed by atoms with Crippen molar-refractivity contribution >= 4 is 43.7 Å². The molecule has 0 unspecified atom stereocenters. The van der Waals surface area contributed by atoms with E-state index in [1.807, 2.05) is 12.1 Å². The molecule has 8 heteroatoms. The lowest BCUT2D eigenvalue weighted by Crippen LogP contribution is -2.43. The molecule has 2 aromatic rings. The lowest BCUT2D eigenvalue weighted by molar-refractivity contribution is -0.123. The molecule has 2 N–H and O–H groups in total. The van der Waals surface area contributed by atoms with Crippen molar-refractivity contribution in [3.63, 3.8) is 0 Å².